The zero-order chi connectivity index (χ0) is 18.8. The molecule has 1 amide bonds. The fourth-order valence-corrected chi connectivity index (χ4v) is 2.73. The first-order valence-corrected chi connectivity index (χ1v) is 10.2. The van der Waals surface area contributed by atoms with Gasteiger partial charge in [-0.2, -0.15) is 0 Å². The summed E-state index contributed by atoms with van der Waals surface area (Å²) in [6, 6.07) is -0.796. The van der Waals surface area contributed by atoms with Gasteiger partial charge in [0, 0.05) is 6.42 Å². The Balaban J connectivity index is -0.00000288. The van der Waals surface area contributed by atoms with E-state index in [0.29, 0.717) is 6.42 Å². The molecule has 4 nitrogen and oxygen atoms in total. The molecule has 0 rings (SSSR count). The molecule has 0 spiro atoms. The molecule has 0 aliphatic rings. The largest absolute Gasteiger partial charge is 1.00 e. The molecule has 0 saturated carbocycles. The van der Waals surface area contributed by atoms with Gasteiger partial charge in [0.25, 0.3) is 0 Å². The van der Waals surface area contributed by atoms with Crippen molar-refractivity contribution in [2.24, 2.45) is 0 Å². The zero-order valence-electron chi connectivity index (χ0n) is 18.4. The SMILES string of the molecule is CCCCCCCC/C=C\CCCCCCCC(=O)NC(C)C(=O)O.[H-].[K+]. The standard InChI is InChI=1S/C21H39NO3.K.H/c1-3-4-5-6-7-8-9-10-11-12-13-14-15-16-17-18-20(23)22-19(2)21(24)25;;/h10-11,19H,3-9,12-18H2,1-2H3,(H,22,23)(H,24,25);;/q;+1;-1/b11-10-;;. The Morgan fingerprint density at radius 2 is 1.35 bits per heavy atom. The average Bonchev–Trinajstić information content (AvgIpc) is 2.58. The minimum Gasteiger partial charge on any atom is -1.00 e. The van der Waals surface area contributed by atoms with Crippen molar-refractivity contribution >= 4 is 11.9 Å². The van der Waals surface area contributed by atoms with Gasteiger partial charge in [-0.1, -0.05) is 70.4 Å². The predicted octanol–water partition coefficient (Wildman–Crippen LogP) is 2.73. The van der Waals surface area contributed by atoms with Crippen molar-refractivity contribution < 1.29 is 67.5 Å². The van der Waals surface area contributed by atoms with Gasteiger partial charge in [0.1, 0.15) is 6.04 Å². The molecule has 0 aliphatic heterocycles. The molecule has 0 aromatic carbocycles. The summed E-state index contributed by atoms with van der Waals surface area (Å²) in [7, 11) is 0. The molecule has 2 N–H and O–H groups in total. The van der Waals surface area contributed by atoms with Crippen molar-refractivity contribution in [1.82, 2.24) is 5.32 Å². The van der Waals surface area contributed by atoms with Crippen LogP contribution >= 0.6 is 0 Å². The molecule has 0 fully saturated rings. The maximum Gasteiger partial charge on any atom is 1.00 e. The Labute approximate surface area is 204 Å². The second-order valence-electron chi connectivity index (χ2n) is 6.96. The topological polar surface area (TPSA) is 66.4 Å². The molecule has 0 radical (unpaired) electrons. The van der Waals surface area contributed by atoms with Crippen LogP contribution in [-0.2, 0) is 9.59 Å². The molecular weight excluding hydrogens is 353 g/mol. The Kier molecular flexibility index (Phi) is 23.7. The van der Waals surface area contributed by atoms with Crippen LogP contribution in [0, 0.1) is 0 Å². The quantitative estimate of drug-likeness (QED) is 0.227. The Morgan fingerprint density at radius 3 is 1.85 bits per heavy atom. The zero-order valence-corrected chi connectivity index (χ0v) is 20.5. The van der Waals surface area contributed by atoms with Crippen molar-refractivity contribution in [3.63, 3.8) is 0 Å². The number of unbranched alkanes of at least 4 members (excludes halogenated alkanes) is 11. The monoisotopic (exact) mass is 393 g/mol. The van der Waals surface area contributed by atoms with Crippen molar-refractivity contribution in [3.8, 4) is 0 Å². The van der Waals surface area contributed by atoms with E-state index in [4.69, 9.17) is 5.11 Å². The van der Waals surface area contributed by atoms with Gasteiger partial charge in [0.15, 0.2) is 0 Å². The maximum atomic E-state index is 11.5. The first-order chi connectivity index (χ1) is 12.1. The van der Waals surface area contributed by atoms with Crippen LogP contribution in [0.15, 0.2) is 12.2 Å². The number of carboxylic acid groups (broad SMARTS) is 1. The number of carboxylic acids is 1. The Bertz CT molecular complexity index is 378. The van der Waals surface area contributed by atoms with Crippen LogP contribution in [0.25, 0.3) is 0 Å². The minimum absolute atomic E-state index is 0. The average molecular weight is 394 g/mol. The molecule has 1 unspecified atom stereocenters. The molecular formula is C21H40KNO3. The third kappa shape index (κ3) is 20.6. The number of carbonyl (C=O) groups excluding carboxylic acids is 1. The molecule has 1 atom stereocenters. The number of nitrogens with one attached hydrogen (secondary N) is 1. The second kappa shape index (κ2) is 21.6. The van der Waals surface area contributed by atoms with Gasteiger partial charge in [-0.15, -0.1) is 0 Å². The third-order valence-corrected chi connectivity index (χ3v) is 4.41. The Hall–Kier alpha value is 0.316. The molecule has 0 bridgehead atoms. The number of hydrogen-bond acceptors (Lipinski definition) is 2. The van der Waals surface area contributed by atoms with Crippen molar-refractivity contribution in [3.05, 3.63) is 12.2 Å². The van der Waals surface area contributed by atoms with Crippen LogP contribution in [0.4, 0.5) is 0 Å². The van der Waals surface area contributed by atoms with E-state index in [2.05, 4.69) is 24.4 Å². The molecule has 26 heavy (non-hydrogen) atoms. The van der Waals surface area contributed by atoms with Crippen molar-refractivity contribution in [2.75, 3.05) is 0 Å². The van der Waals surface area contributed by atoms with Crippen LogP contribution < -0.4 is 56.7 Å². The van der Waals surface area contributed by atoms with E-state index in [1.54, 1.807) is 0 Å². The van der Waals surface area contributed by atoms with Gasteiger partial charge in [-0.05, 0) is 39.0 Å². The summed E-state index contributed by atoms with van der Waals surface area (Å²) in [4.78, 5) is 22.1. The van der Waals surface area contributed by atoms with E-state index in [1.165, 1.54) is 64.7 Å². The minimum atomic E-state index is -0.988. The van der Waals surface area contributed by atoms with E-state index in [0.717, 1.165) is 25.7 Å². The first-order valence-electron chi connectivity index (χ1n) is 10.2. The van der Waals surface area contributed by atoms with Gasteiger partial charge in [0.05, 0.1) is 0 Å². The Morgan fingerprint density at radius 1 is 0.885 bits per heavy atom. The van der Waals surface area contributed by atoms with Gasteiger partial charge in [0.2, 0.25) is 5.91 Å². The molecule has 0 aromatic rings. The summed E-state index contributed by atoms with van der Waals surface area (Å²) in [5.74, 6) is -1.15. The summed E-state index contributed by atoms with van der Waals surface area (Å²) in [5, 5.41) is 11.2. The van der Waals surface area contributed by atoms with Crippen LogP contribution in [-0.4, -0.2) is 23.0 Å². The normalized spacial score (nSPS) is 11.9. The molecule has 148 valence electrons. The van der Waals surface area contributed by atoms with E-state index in [1.807, 2.05) is 0 Å². The summed E-state index contributed by atoms with van der Waals surface area (Å²) in [6.07, 6.45) is 21.0. The molecule has 0 aromatic heterocycles. The molecule has 0 aliphatic carbocycles. The van der Waals surface area contributed by atoms with Crippen LogP contribution in [0.5, 0.6) is 0 Å². The molecule has 0 saturated heterocycles. The fourth-order valence-electron chi connectivity index (χ4n) is 2.73. The number of aliphatic carboxylic acids is 1. The number of amides is 1. The first kappa shape index (κ1) is 28.5. The molecule has 5 heteroatoms. The molecule has 0 heterocycles. The van der Waals surface area contributed by atoms with Crippen LogP contribution in [0.3, 0.4) is 0 Å². The summed E-state index contributed by atoms with van der Waals surface area (Å²) in [6.45, 7) is 3.74. The van der Waals surface area contributed by atoms with Gasteiger partial charge in [-0.3, -0.25) is 9.59 Å². The van der Waals surface area contributed by atoms with Crippen LogP contribution in [0.1, 0.15) is 105 Å². The predicted molar refractivity (Wildman–Crippen MR) is 106 cm³/mol. The van der Waals surface area contributed by atoms with Gasteiger partial charge < -0.3 is 11.8 Å². The fraction of sp³-hybridized carbons (Fsp3) is 0.810. The second-order valence-corrected chi connectivity index (χ2v) is 6.96. The van der Waals surface area contributed by atoms with Crippen molar-refractivity contribution in [1.29, 1.82) is 0 Å². The number of carbonyl (C=O) groups is 2. The number of hydrogen-bond donors (Lipinski definition) is 2. The van der Waals surface area contributed by atoms with Gasteiger partial charge >= 0.3 is 57.4 Å². The van der Waals surface area contributed by atoms with Crippen LogP contribution in [0.2, 0.25) is 0 Å². The van der Waals surface area contributed by atoms with E-state index >= 15 is 0 Å². The van der Waals surface area contributed by atoms with Gasteiger partial charge in [-0.25, -0.2) is 0 Å². The van der Waals surface area contributed by atoms with E-state index in [9.17, 15) is 9.59 Å². The summed E-state index contributed by atoms with van der Waals surface area (Å²) >= 11 is 0. The van der Waals surface area contributed by atoms with Crippen molar-refractivity contribution in [2.45, 2.75) is 110 Å². The number of allylic oxidation sites excluding steroid dienone is 2. The maximum absolute atomic E-state index is 11.5. The smallest absolute Gasteiger partial charge is 1.00 e. The third-order valence-electron chi connectivity index (χ3n) is 4.41. The van der Waals surface area contributed by atoms with E-state index < -0.39 is 12.0 Å². The number of rotatable bonds is 17. The summed E-state index contributed by atoms with van der Waals surface area (Å²) in [5.41, 5.74) is 0. The van der Waals surface area contributed by atoms with E-state index in [-0.39, 0.29) is 58.7 Å². The summed E-state index contributed by atoms with van der Waals surface area (Å²) < 4.78 is 0.